The molecule has 24 heavy (non-hydrogen) atoms. The second kappa shape index (κ2) is 6.90. The number of nitrogens with zero attached hydrogens (tertiary/aromatic N) is 1. The smallest absolute Gasteiger partial charge is 0.0704 e. The van der Waals surface area contributed by atoms with Gasteiger partial charge in [-0.05, 0) is 11.6 Å². The van der Waals surface area contributed by atoms with E-state index >= 15 is 0 Å². The zero-order chi connectivity index (χ0) is 18.1. The molecule has 0 aliphatic heterocycles. The van der Waals surface area contributed by atoms with Crippen LogP contribution in [0.5, 0.6) is 0 Å². The fraction of sp³-hybridized carbons (Fsp3) is 0.389. The Hall–Kier alpha value is -1.31. The summed E-state index contributed by atoms with van der Waals surface area (Å²) >= 11 is 0. The molecule has 1 nitrogen and oxygen atoms in total. The molecule has 0 aliphatic carbocycles. The van der Waals surface area contributed by atoms with Gasteiger partial charge >= 0.3 is 0 Å². The van der Waals surface area contributed by atoms with Crippen LogP contribution < -0.4 is 0 Å². The van der Waals surface area contributed by atoms with Gasteiger partial charge in [0.15, 0.2) is 0 Å². The largest absolute Gasteiger partial charge is 0.256 e. The number of hydrogen-bond donors (Lipinski definition) is 0. The summed E-state index contributed by atoms with van der Waals surface area (Å²) in [6.45, 7) is 5.65. The van der Waals surface area contributed by atoms with E-state index in [1.807, 2.05) is 50.2 Å². The van der Waals surface area contributed by atoms with Crippen molar-refractivity contribution in [2.45, 2.75) is 37.0 Å². The molecule has 0 bridgehead atoms. The Labute approximate surface area is 152 Å². The minimum atomic E-state index is -1.28. The Morgan fingerprint density at radius 3 is 1.96 bits per heavy atom. The first-order valence-electron chi connectivity index (χ1n) is 8.06. The van der Waals surface area contributed by atoms with E-state index in [0.717, 1.165) is 11.3 Å². The second-order valence-electron chi connectivity index (χ2n) is 6.79. The molecular weight excluding hydrogens is 284 g/mol. The molecular formula is C18H18B5N. The van der Waals surface area contributed by atoms with E-state index in [1.54, 1.807) is 13.1 Å². The fourth-order valence-electron chi connectivity index (χ4n) is 2.48. The summed E-state index contributed by atoms with van der Waals surface area (Å²) in [5.41, 5.74) is 2.95. The first-order chi connectivity index (χ1) is 11.1. The summed E-state index contributed by atoms with van der Waals surface area (Å²) < 4.78 is 0. The fourth-order valence-corrected chi connectivity index (χ4v) is 2.48. The highest BCUT2D eigenvalue weighted by atomic mass is 14.7. The summed E-state index contributed by atoms with van der Waals surface area (Å²) in [6.07, 6.45) is 1.64. The van der Waals surface area contributed by atoms with E-state index in [4.69, 9.17) is 39.2 Å². The van der Waals surface area contributed by atoms with Gasteiger partial charge in [-0.1, -0.05) is 78.8 Å². The Bertz CT molecular complexity index is 696. The molecule has 0 saturated carbocycles. The van der Waals surface area contributed by atoms with Crippen molar-refractivity contribution in [3.8, 4) is 11.3 Å². The van der Waals surface area contributed by atoms with Crippen LogP contribution in [0.4, 0.5) is 0 Å². The zero-order valence-corrected chi connectivity index (χ0v) is 14.5. The molecule has 0 saturated heterocycles. The van der Waals surface area contributed by atoms with Gasteiger partial charge in [0.1, 0.15) is 0 Å². The second-order valence-corrected chi connectivity index (χ2v) is 6.79. The van der Waals surface area contributed by atoms with Gasteiger partial charge in [-0.3, -0.25) is 4.98 Å². The van der Waals surface area contributed by atoms with Gasteiger partial charge in [-0.15, -0.1) is 0 Å². The molecule has 6 heteroatoms. The van der Waals surface area contributed by atoms with Crippen LogP contribution in [0.15, 0.2) is 42.6 Å². The van der Waals surface area contributed by atoms with Gasteiger partial charge in [0, 0.05) is 11.8 Å². The van der Waals surface area contributed by atoms with Gasteiger partial charge in [0.05, 0.1) is 44.9 Å². The minimum Gasteiger partial charge on any atom is -0.256 e. The molecule has 1 aromatic heterocycles. The average molecular weight is 302 g/mol. The maximum Gasteiger partial charge on any atom is 0.0704 e. The van der Waals surface area contributed by atoms with Crippen LogP contribution in [0.1, 0.15) is 31.9 Å². The number of pyridine rings is 1. The van der Waals surface area contributed by atoms with Crippen LogP contribution in [0.25, 0.3) is 11.3 Å². The molecule has 0 fully saturated rings. The van der Waals surface area contributed by atoms with E-state index in [1.165, 1.54) is 0 Å². The Balaban J connectivity index is 2.70. The highest BCUT2D eigenvalue weighted by molar-refractivity contribution is 6.45. The van der Waals surface area contributed by atoms with Crippen LogP contribution in [0.3, 0.4) is 0 Å². The SMILES string of the molecule is [B]C(C)C([B])([B])c1cnc(-c2ccccc2)cc1C([B])([B])C(C)C. The average Bonchev–Trinajstić information content (AvgIpc) is 2.54. The van der Waals surface area contributed by atoms with E-state index in [2.05, 4.69) is 4.98 Å². The van der Waals surface area contributed by atoms with Crippen molar-refractivity contribution in [2.75, 3.05) is 0 Å². The minimum absolute atomic E-state index is 0.0360. The summed E-state index contributed by atoms with van der Waals surface area (Å²) in [5, 5.41) is -2.39. The molecule has 1 atom stereocenters. The maximum atomic E-state index is 6.42. The molecule has 110 valence electrons. The monoisotopic (exact) mass is 303 g/mol. The number of rotatable bonds is 5. The lowest BCUT2D eigenvalue weighted by Gasteiger charge is -2.40. The van der Waals surface area contributed by atoms with E-state index in [9.17, 15) is 0 Å². The summed E-state index contributed by atoms with van der Waals surface area (Å²) in [5.74, 6) is -0.533. The molecule has 0 amide bonds. The van der Waals surface area contributed by atoms with Crippen molar-refractivity contribution in [3.05, 3.63) is 53.7 Å². The van der Waals surface area contributed by atoms with E-state index < -0.39 is 16.2 Å². The predicted octanol–water partition coefficient (Wildman–Crippen LogP) is 2.36. The topological polar surface area (TPSA) is 12.9 Å². The van der Waals surface area contributed by atoms with Gasteiger partial charge in [0.2, 0.25) is 0 Å². The quantitative estimate of drug-likeness (QED) is 0.773. The lowest BCUT2D eigenvalue weighted by atomic mass is 9.38. The lowest BCUT2D eigenvalue weighted by Crippen LogP contribution is -2.40. The van der Waals surface area contributed by atoms with Crippen molar-refractivity contribution < 1.29 is 0 Å². The molecule has 2 aromatic rings. The Morgan fingerprint density at radius 2 is 1.46 bits per heavy atom. The van der Waals surface area contributed by atoms with Crippen LogP contribution in [0.2, 0.25) is 5.82 Å². The molecule has 0 spiro atoms. The third kappa shape index (κ3) is 3.53. The van der Waals surface area contributed by atoms with Crippen molar-refractivity contribution in [1.82, 2.24) is 4.98 Å². The number of hydrogen-bond acceptors (Lipinski definition) is 1. The van der Waals surface area contributed by atoms with Crippen molar-refractivity contribution in [3.63, 3.8) is 0 Å². The highest BCUT2D eigenvalue weighted by Gasteiger charge is 2.33. The Morgan fingerprint density at radius 1 is 0.875 bits per heavy atom. The third-order valence-corrected chi connectivity index (χ3v) is 4.62. The van der Waals surface area contributed by atoms with Crippen molar-refractivity contribution in [2.24, 2.45) is 5.92 Å². The van der Waals surface area contributed by atoms with Crippen LogP contribution >= 0.6 is 0 Å². The number of benzene rings is 1. The summed E-state index contributed by atoms with van der Waals surface area (Å²) in [6, 6.07) is 11.7. The van der Waals surface area contributed by atoms with Crippen LogP contribution in [-0.2, 0) is 10.4 Å². The number of aromatic nitrogens is 1. The van der Waals surface area contributed by atoms with Crippen molar-refractivity contribution in [1.29, 1.82) is 0 Å². The first-order valence-corrected chi connectivity index (χ1v) is 8.06. The van der Waals surface area contributed by atoms with E-state index in [0.29, 0.717) is 11.1 Å². The van der Waals surface area contributed by atoms with Gasteiger partial charge in [-0.25, -0.2) is 0 Å². The summed E-state index contributed by atoms with van der Waals surface area (Å²) in [7, 11) is 31.4. The molecule has 1 aromatic carbocycles. The van der Waals surface area contributed by atoms with Crippen LogP contribution in [-0.4, -0.2) is 44.2 Å². The van der Waals surface area contributed by atoms with E-state index in [-0.39, 0.29) is 5.92 Å². The predicted molar refractivity (Wildman–Crippen MR) is 106 cm³/mol. The third-order valence-electron chi connectivity index (χ3n) is 4.62. The molecule has 1 unspecified atom stereocenters. The van der Waals surface area contributed by atoms with Crippen LogP contribution in [0, 0.1) is 5.92 Å². The molecule has 10 radical (unpaired) electrons. The first kappa shape index (κ1) is 19.0. The van der Waals surface area contributed by atoms with Crippen molar-refractivity contribution >= 4 is 39.2 Å². The maximum absolute atomic E-state index is 6.42. The van der Waals surface area contributed by atoms with Gasteiger partial charge in [0.25, 0.3) is 0 Å². The molecule has 2 rings (SSSR count). The zero-order valence-electron chi connectivity index (χ0n) is 14.5. The molecule has 0 aliphatic rings. The Kier molecular flexibility index (Phi) is 5.47. The highest BCUT2D eigenvalue weighted by Crippen LogP contribution is 2.38. The lowest BCUT2D eigenvalue weighted by molar-refractivity contribution is 0.561. The molecule has 1 heterocycles. The molecule has 0 N–H and O–H groups in total. The van der Waals surface area contributed by atoms with Gasteiger partial charge in [-0.2, -0.15) is 0 Å². The normalized spacial score (nSPS) is 13.8. The summed E-state index contributed by atoms with van der Waals surface area (Å²) in [4.78, 5) is 4.50. The standard InChI is InChI=1S/C18H18B5N/c1-11(2)17(20,21)14-9-16(13-7-5-4-6-8-13)24-10-15(14)18(22,23)12(3)19/h4-12H,1-3H3. The van der Waals surface area contributed by atoms with Gasteiger partial charge < -0.3 is 0 Å².